The molecule has 1 N–H and O–H groups in total. The molecule has 0 aliphatic carbocycles. The van der Waals surface area contributed by atoms with Gasteiger partial charge in [-0.15, -0.1) is 0 Å². The Morgan fingerprint density at radius 2 is 1.57 bits per heavy atom. The maximum atomic E-state index is 11.1. The number of hydrogen-bond acceptors (Lipinski definition) is 7. The molecule has 0 fully saturated rings. The SMILES string of the molecule is COC(=O)c1cc(Cl)ccc1[N+](=O)[O-].Cc1cc(Cl)cc(C(=O)O)c1[N+](=O)[O-]. The van der Waals surface area contributed by atoms with Gasteiger partial charge in [-0.1, -0.05) is 23.2 Å². The molecular formula is C16H12Cl2N2O8. The number of halogens is 2. The molecule has 2 rings (SSSR count). The fraction of sp³-hybridized carbons (Fsp3) is 0.125. The van der Waals surface area contributed by atoms with Gasteiger partial charge in [-0.05, 0) is 31.2 Å². The summed E-state index contributed by atoms with van der Waals surface area (Å²) < 4.78 is 4.38. The van der Waals surface area contributed by atoms with E-state index in [-0.39, 0.29) is 32.4 Å². The van der Waals surface area contributed by atoms with Crippen molar-refractivity contribution < 1.29 is 29.3 Å². The molecule has 0 aliphatic rings. The first-order valence-corrected chi connectivity index (χ1v) is 7.95. The maximum absolute atomic E-state index is 11.1. The van der Waals surface area contributed by atoms with Crippen LogP contribution in [0.4, 0.5) is 11.4 Å². The van der Waals surface area contributed by atoms with Gasteiger partial charge in [0.2, 0.25) is 0 Å². The Balaban J connectivity index is 0.000000280. The van der Waals surface area contributed by atoms with E-state index in [1.165, 1.54) is 25.1 Å². The average Bonchev–Trinajstić information content (AvgIpc) is 2.60. The number of esters is 1. The average molecular weight is 431 g/mol. The summed E-state index contributed by atoms with van der Waals surface area (Å²) in [4.78, 5) is 41.4. The number of aromatic carboxylic acids is 1. The van der Waals surface area contributed by atoms with Crippen LogP contribution in [0.2, 0.25) is 10.0 Å². The number of carboxylic acids is 1. The zero-order chi connectivity index (χ0) is 21.6. The molecule has 0 saturated heterocycles. The predicted molar refractivity (Wildman–Crippen MR) is 99.2 cm³/mol. The van der Waals surface area contributed by atoms with Crippen LogP contribution in [0.5, 0.6) is 0 Å². The second-order valence-electron chi connectivity index (χ2n) is 5.09. The molecule has 148 valence electrons. The van der Waals surface area contributed by atoms with Crippen molar-refractivity contribution in [2.45, 2.75) is 6.92 Å². The van der Waals surface area contributed by atoms with Crippen molar-refractivity contribution >= 4 is 46.5 Å². The monoisotopic (exact) mass is 430 g/mol. The smallest absolute Gasteiger partial charge is 0.344 e. The van der Waals surface area contributed by atoms with Gasteiger partial charge in [0.05, 0.1) is 17.0 Å². The van der Waals surface area contributed by atoms with Crippen LogP contribution in [0.25, 0.3) is 0 Å². The Kier molecular flexibility index (Phi) is 7.84. The third-order valence-electron chi connectivity index (χ3n) is 3.24. The van der Waals surface area contributed by atoms with Gasteiger partial charge in [0.1, 0.15) is 11.1 Å². The molecule has 0 aliphatic heterocycles. The second kappa shape index (κ2) is 9.62. The van der Waals surface area contributed by atoms with E-state index in [9.17, 15) is 29.8 Å². The van der Waals surface area contributed by atoms with E-state index in [1.807, 2.05) is 0 Å². The van der Waals surface area contributed by atoms with Crippen molar-refractivity contribution in [1.29, 1.82) is 0 Å². The minimum Gasteiger partial charge on any atom is -0.477 e. The molecule has 0 atom stereocenters. The first-order valence-electron chi connectivity index (χ1n) is 7.19. The van der Waals surface area contributed by atoms with Crippen LogP contribution in [0.1, 0.15) is 26.3 Å². The lowest BCUT2D eigenvalue weighted by atomic mass is 10.1. The predicted octanol–water partition coefficient (Wildman–Crippen LogP) is 4.29. The van der Waals surface area contributed by atoms with Crippen molar-refractivity contribution in [1.82, 2.24) is 0 Å². The van der Waals surface area contributed by atoms with Crippen LogP contribution in [0.3, 0.4) is 0 Å². The third kappa shape index (κ3) is 5.63. The largest absolute Gasteiger partial charge is 0.477 e. The summed E-state index contributed by atoms with van der Waals surface area (Å²) in [5, 5.41) is 30.2. The Morgan fingerprint density at radius 3 is 2.04 bits per heavy atom. The molecule has 0 bridgehead atoms. The molecule has 28 heavy (non-hydrogen) atoms. The van der Waals surface area contributed by atoms with Crippen molar-refractivity contribution in [3.63, 3.8) is 0 Å². The quantitative estimate of drug-likeness (QED) is 0.428. The van der Waals surface area contributed by atoms with E-state index in [0.29, 0.717) is 0 Å². The lowest BCUT2D eigenvalue weighted by Crippen LogP contribution is -2.05. The molecule has 2 aromatic carbocycles. The van der Waals surface area contributed by atoms with Crippen molar-refractivity contribution in [3.05, 3.63) is 77.3 Å². The lowest BCUT2D eigenvalue weighted by Gasteiger charge is -2.01. The van der Waals surface area contributed by atoms with E-state index < -0.39 is 27.5 Å². The van der Waals surface area contributed by atoms with Crippen LogP contribution in [0.15, 0.2) is 30.3 Å². The van der Waals surface area contributed by atoms with Gasteiger partial charge in [-0.2, -0.15) is 0 Å². The second-order valence-corrected chi connectivity index (χ2v) is 5.96. The molecule has 0 radical (unpaired) electrons. The standard InChI is InChI=1S/2C8H6ClNO4/c1-4-2-5(9)3-6(8(11)12)7(4)10(13)14;1-14-8(11)6-4-5(9)2-3-7(6)10(12)13/h2-3H,1H3,(H,11,12);2-4H,1H3. The number of benzene rings is 2. The first-order chi connectivity index (χ1) is 13.0. The highest BCUT2D eigenvalue weighted by molar-refractivity contribution is 6.31. The summed E-state index contributed by atoms with van der Waals surface area (Å²) >= 11 is 11.2. The number of ether oxygens (including phenoxy) is 1. The summed E-state index contributed by atoms with van der Waals surface area (Å²) in [5.74, 6) is -2.14. The van der Waals surface area contributed by atoms with Gasteiger partial charge < -0.3 is 9.84 Å². The Bertz CT molecular complexity index is 962. The van der Waals surface area contributed by atoms with Gasteiger partial charge in [0.15, 0.2) is 0 Å². The highest BCUT2D eigenvalue weighted by Gasteiger charge is 2.23. The zero-order valence-electron chi connectivity index (χ0n) is 14.3. The molecule has 10 nitrogen and oxygen atoms in total. The maximum Gasteiger partial charge on any atom is 0.344 e. The van der Waals surface area contributed by atoms with E-state index in [4.69, 9.17) is 28.3 Å². The van der Waals surface area contributed by atoms with Crippen molar-refractivity contribution in [2.24, 2.45) is 0 Å². The molecular weight excluding hydrogens is 419 g/mol. The van der Waals surface area contributed by atoms with Gasteiger partial charge in [-0.3, -0.25) is 20.2 Å². The number of hydrogen-bond donors (Lipinski definition) is 1. The number of aryl methyl sites for hydroxylation is 1. The van der Waals surface area contributed by atoms with Crippen LogP contribution in [0, 0.1) is 27.2 Å². The van der Waals surface area contributed by atoms with Crippen LogP contribution >= 0.6 is 23.2 Å². The number of carbonyl (C=O) groups excluding carboxylic acids is 1. The number of rotatable bonds is 4. The minimum absolute atomic E-state index is 0.148. The van der Waals surface area contributed by atoms with E-state index in [0.717, 1.165) is 19.2 Å². The molecule has 0 heterocycles. The van der Waals surface area contributed by atoms with Crippen LogP contribution in [-0.4, -0.2) is 34.0 Å². The highest BCUT2D eigenvalue weighted by atomic mass is 35.5. The molecule has 0 saturated carbocycles. The van der Waals surface area contributed by atoms with Crippen molar-refractivity contribution in [2.75, 3.05) is 7.11 Å². The van der Waals surface area contributed by atoms with E-state index in [2.05, 4.69) is 4.74 Å². The van der Waals surface area contributed by atoms with Gasteiger partial charge >= 0.3 is 11.9 Å². The van der Waals surface area contributed by atoms with Gasteiger partial charge in [0, 0.05) is 21.7 Å². The summed E-state index contributed by atoms with van der Waals surface area (Å²) in [6.45, 7) is 1.44. The summed E-state index contributed by atoms with van der Waals surface area (Å²) in [5.41, 5.74) is -1.03. The molecule has 0 unspecified atom stereocenters. The number of carbonyl (C=O) groups is 2. The molecule has 2 aromatic rings. The molecule has 0 amide bonds. The van der Waals surface area contributed by atoms with E-state index >= 15 is 0 Å². The first kappa shape index (κ1) is 22.8. The third-order valence-corrected chi connectivity index (χ3v) is 3.69. The minimum atomic E-state index is -1.36. The topological polar surface area (TPSA) is 150 Å². The number of nitro benzene ring substituents is 2. The Morgan fingerprint density at radius 1 is 1.00 bits per heavy atom. The lowest BCUT2D eigenvalue weighted by molar-refractivity contribution is -0.385. The molecule has 0 spiro atoms. The Hall–Kier alpha value is -3.24. The van der Waals surface area contributed by atoms with Crippen LogP contribution in [-0.2, 0) is 4.74 Å². The highest BCUT2D eigenvalue weighted by Crippen LogP contribution is 2.27. The number of methoxy groups -OCH3 is 1. The zero-order valence-corrected chi connectivity index (χ0v) is 15.9. The fourth-order valence-electron chi connectivity index (χ4n) is 2.08. The summed E-state index contributed by atoms with van der Waals surface area (Å²) in [6, 6.07) is 6.12. The van der Waals surface area contributed by atoms with Crippen molar-refractivity contribution in [3.8, 4) is 0 Å². The van der Waals surface area contributed by atoms with Gasteiger partial charge in [0.25, 0.3) is 11.4 Å². The summed E-state index contributed by atoms with van der Waals surface area (Å²) in [6.07, 6.45) is 0. The molecule has 12 heteroatoms. The normalized spacial score (nSPS) is 9.71. The molecule has 0 aromatic heterocycles. The fourth-order valence-corrected chi connectivity index (χ4v) is 2.53. The van der Waals surface area contributed by atoms with Gasteiger partial charge in [-0.25, -0.2) is 9.59 Å². The number of carboxylic acid groups (broad SMARTS) is 1. The number of nitro groups is 2. The van der Waals surface area contributed by atoms with Crippen LogP contribution < -0.4 is 0 Å². The number of nitrogens with zero attached hydrogens (tertiary/aromatic N) is 2. The Labute approximate surface area is 167 Å². The summed E-state index contributed by atoms with van der Waals surface area (Å²) in [7, 11) is 1.15. The van der Waals surface area contributed by atoms with E-state index in [1.54, 1.807) is 0 Å².